The van der Waals surface area contributed by atoms with E-state index in [1.807, 2.05) is 32.0 Å². The molecule has 1 aliphatic heterocycles. The lowest BCUT2D eigenvalue weighted by atomic mass is 10.0. The number of likely N-dealkylation sites (tertiary alicyclic amines) is 1. The van der Waals surface area contributed by atoms with Gasteiger partial charge in [0.15, 0.2) is 17.5 Å². The summed E-state index contributed by atoms with van der Waals surface area (Å²) in [6.07, 6.45) is 1.96. The van der Waals surface area contributed by atoms with Crippen molar-refractivity contribution in [2.45, 2.75) is 45.6 Å². The summed E-state index contributed by atoms with van der Waals surface area (Å²) < 4.78 is 46.0. The van der Waals surface area contributed by atoms with Crippen LogP contribution in [-0.2, 0) is 4.79 Å². The number of aryl methyl sites for hydroxylation is 2. The lowest BCUT2D eigenvalue weighted by Crippen LogP contribution is -2.46. The molecule has 3 rings (SSSR count). The van der Waals surface area contributed by atoms with Gasteiger partial charge in [0.1, 0.15) is 5.75 Å². The van der Waals surface area contributed by atoms with Gasteiger partial charge in [0.2, 0.25) is 5.91 Å². The second kappa shape index (κ2) is 10.5. The van der Waals surface area contributed by atoms with Crippen molar-refractivity contribution < 1.29 is 27.5 Å². The first kappa shape index (κ1) is 23.6. The van der Waals surface area contributed by atoms with Crippen molar-refractivity contribution >= 4 is 11.8 Å². The molecule has 0 aromatic heterocycles. The highest BCUT2D eigenvalue weighted by Crippen LogP contribution is 2.23. The fourth-order valence-corrected chi connectivity index (χ4v) is 3.82. The van der Waals surface area contributed by atoms with Crippen LogP contribution in [0.2, 0.25) is 0 Å². The Labute approximate surface area is 185 Å². The van der Waals surface area contributed by atoms with Crippen molar-refractivity contribution in [2.24, 2.45) is 0 Å². The average Bonchev–Trinajstić information content (AvgIpc) is 2.77. The van der Waals surface area contributed by atoms with Crippen LogP contribution < -0.4 is 10.1 Å². The number of carbonyl (C=O) groups excluding carboxylic acids is 2. The van der Waals surface area contributed by atoms with Crippen LogP contribution in [0.3, 0.4) is 0 Å². The SMILES string of the molecule is Cc1cccc(C)c1OCCCC(=O)N1CCC(NC(=O)c2ccc(F)c(F)c2F)CC1. The van der Waals surface area contributed by atoms with Crippen molar-refractivity contribution in [3.8, 4) is 5.75 Å². The molecule has 5 nitrogen and oxygen atoms in total. The Balaban J connectivity index is 1.41. The number of para-hydroxylation sites is 1. The second-order valence-corrected chi connectivity index (χ2v) is 8.02. The number of nitrogens with one attached hydrogen (secondary N) is 1. The van der Waals surface area contributed by atoms with Crippen LogP contribution in [0, 0.1) is 31.3 Å². The molecule has 0 aliphatic carbocycles. The molecular weight excluding hydrogens is 421 g/mol. The van der Waals surface area contributed by atoms with Crippen molar-refractivity contribution in [2.75, 3.05) is 19.7 Å². The van der Waals surface area contributed by atoms with Crippen molar-refractivity contribution in [1.29, 1.82) is 0 Å². The third-order valence-electron chi connectivity index (χ3n) is 5.65. The van der Waals surface area contributed by atoms with Crippen molar-refractivity contribution in [1.82, 2.24) is 10.2 Å². The smallest absolute Gasteiger partial charge is 0.254 e. The van der Waals surface area contributed by atoms with E-state index in [0.29, 0.717) is 45.4 Å². The number of nitrogens with zero attached hydrogens (tertiary/aromatic N) is 1. The zero-order valence-corrected chi connectivity index (χ0v) is 18.2. The molecule has 1 N–H and O–H groups in total. The topological polar surface area (TPSA) is 58.6 Å². The minimum atomic E-state index is -1.67. The third-order valence-corrected chi connectivity index (χ3v) is 5.65. The van der Waals surface area contributed by atoms with Gasteiger partial charge in [0.05, 0.1) is 12.2 Å². The number of carbonyl (C=O) groups is 2. The van der Waals surface area contributed by atoms with E-state index in [-0.39, 0.29) is 11.9 Å². The molecule has 32 heavy (non-hydrogen) atoms. The largest absolute Gasteiger partial charge is 0.493 e. The van der Waals surface area contributed by atoms with Crippen LogP contribution in [0.5, 0.6) is 5.75 Å². The highest BCUT2D eigenvalue weighted by atomic mass is 19.2. The molecule has 0 radical (unpaired) electrons. The van der Waals surface area contributed by atoms with E-state index in [1.54, 1.807) is 4.90 Å². The molecule has 2 aromatic rings. The van der Waals surface area contributed by atoms with E-state index < -0.39 is 28.9 Å². The monoisotopic (exact) mass is 448 g/mol. The Morgan fingerprint density at radius 1 is 1.03 bits per heavy atom. The molecular formula is C24H27F3N2O3. The maximum absolute atomic E-state index is 13.8. The van der Waals surface area contributed by atoms with Gasteiger partial charge in [-0.3, -0.25) is 9.59 Å². The Hall–Kier alpha value is -3.03. The maximum Gasteiger partial charge on any atom is 0.254 e. The van der Waals surface area contributed by atoms with Crippen molar-refractivity contribution in [3.63, 3.8) is 0 Å². The fourth-order valence-electron chi connectivity index (χ4n) is 3.82. The summed E-state index contributed by atoms with van der Waals surface area (Å²) in [5.41, 5.74) is 1.58. The predicted molar refractivity (Wildman–Crippen MR) is 114 cm³/mol. The molecule has 172 valence electrons. The number of ether oxygens (including phenoxy) is 1. The van der Waals surface area contributed by atoms with Crippen LogP contribution in [0.1, 0.15) is 47.2 Å². The molecule has 1 aliphatic rings. The number of rotatable bonds is 7. The minimum Gasteiger partial charge on any atom is -0.493 e. The molecule has 1 heterocycles. The first-order valence-electron chi connectivity index (χ1n) is 10.7. The number of benzene rings is 2. The summed E-state index contributed by atoms with van der Waals surface area (Å²) >= 11 is 0. The standard InChI is InChI=1S/C24H27F3N2O3/c1-15-5-3-6-16(2)23(15)32-14-4-7-20(30)29-12-10-17(11-13-29)28-24(31)18-8-9-19(25)22(27)21(18)26/h3,5-6,8-9,17H,4,7,10-14H2,1-2H3,(H,28,31). The van der Waals surface area contributed by atoms with Crippen LogP contribution in [-0.4, -0.2) is 42.5 Å². The van der Waals surface area contributed by atoms with Crippen LogP contribution in [0.25, 0.3) is 0 Å². The Morgan fingerprint density at radius 2 is 1.69 bits per heavy atom. The first-order valence-corrected chi connectivity index (χ1v) is 10.7. The number of amides is 2. The average molecular weight is 448 g/mol. The van der Waals surface area contributed by atoms with Gasteiger partial charge in [-0.2, -0.15) is 0 Å². The van der Waals surface area contributed by atoms with Crippen LogP contribution in [0.15, 0.2) is 30.3 Å². The van der Waals surface area contributed by atoms with Gasteiger partial charge < -0.3 is 15.0 Å². The van der Waals surface area contributed by atoms with Gasteiger partial charge in [0, 0.05) is 25.6 Å². The highest BCUT2D eigenvalue weighted by molar-refractivity contribution is 5.94. The van der Waals surface area contributed by atoms with Gasteiger partial charge >= 0.3 is 0 Å². The molecule has 0 unspecified atom stereocenters. The molecule has 0 atom stereocenters. The lowest BCUT2D eigenvalue weighted by molar-refractivity contribution is -0.132. The van der Waals surface area contributed by atoms with Crippen LogP contribution in [0.4, 0.5) is 13.2 Å². The van der Waals surface area contributed by atoms with Crippen molar-refractivity contribution in [3.05, 3.63) is 64.5 Å². The lowest BCUT2D eigenvalue weighted by Gasteiger charge is -2.32. The van der Waals surface area contributed by atoms with Crippen LogP contribution >= 0.6 is 0 Å². The molecule has 0 saturated carbocycles. The Kier molecular flexibility index (Phi) is 7.77. The summed E-state index contributed by atoms with van der Waals surface area (Å²) in [5, 5.41) is 2.64. The predicted octanol–water partition coefficient (Wildman–Crippen LogP) is 4.30. The number of halogens is 3. The van der Waals surface area contributed by atoms with E-state index in [9.17, 15) is 22.8 Å². The minimum absolute atomic E-state index is 0.0199. The summed E-state index contributed by atoms with van der Waals surface area (Å²) in [5.74, 6) is -4.43. The summed E-state index contributed by atoms with van der Waals surface area (Å²) in [4.78, 5) is 26.4. The summed E-state index contributed by atoms with van der Waals surface area (Å²) in [6, 6.07) is 7.31. The fraction of sp³-hybridized carbons (Fsp3) is 0.417. The molecule has 1 saturated heterocycles. The van der Waals surface area contributed by atoms with E-state index in [4.69, 9.17) is 4.74 Å². The zero-order chi connectivity index (χ0) is 23.3. The molecule has 2 aromatic carbocycles. The quantitative estimate of drug-likeness (QED) is 0.508. The number of hydrogen-bond donors (Lipinski definition) is 1. The summed E-state index contributed by atoms with van der Waals surface area (Å²) in [6.45, 7) is 5.34. The molecule has 1 fully saturated rings. The van der Waals surface area contributed by atoms with E-state index in [2.05, 4.69) is 5.32 Å². The second-order valence-electron chi connectivity index (χ2n) is 8.02. The van der Waals surface area contributed by atoms with E-state index in [0.717, 1.165) is 29.0 Å². The van der Waals surface area contributed by atoms with Gasteiger partial charge in [0.25, 0.3) is 5.91 Å². The first-order chi connectivity index (χ1) is 15.3. The molecule has 0 bridgehead atoms. The Morgan fingerprint density at radius 3 is 2.34 bits per heavy atom. The number of piperidine rings is 1. The van der Waals surface area contributed by atoms with Gasteiger partial charge in [-0.15, -0.1) is 0 Å². The van der Waals surface area contributed by atoms with Gasteiger partial charge in [-0.1, -0.05) is 18.2 Å². The molecule has 8 heteroatoms. The normalized spacial score (nSPS) is 14.3. The highest BCUT2D eigenvalue weighted by Gasteiger charge is 2.26. The molecule has 2 amide bonds. The number of hydrogen-bond acceptors (Lipinski definition) is 3. The zero-order valence-electron chi connectivity index (χ0n) is 18.2. The van der Waals surface area contributed by atoms with Gasteiger partial charge in [-0.05, 0) is 56.4 Å². The third kappa shape index (κ3) is 5.60. The van der Waals surface area contributed by atoms with E-state index >= 15 is 0 Å². The molecule has 0 spiro atoms. The van der Waals surface area contributed by atoms with E-state index in [1.165, 1.54) is 0 Å². The maximum atomic E-state index is 13.8. The van der Waals surface area contributed by atoms with Gasteiger partial charge in [-0.25, -0.2) is 13.2 Å². The summed E-state index contributed by atoms with van der Waals surface area (Å²) in [7, 11) is 0. The Bertz CT molecular complexity index is 968.